The van der Waals surface area contributed by atoms with Gasteiger partial charge in [0.1, 0.15) is 0 Å². The first-order valence-corrected chi connectivity index (χ1v) is 9.39. The van der Waals surface area contributed by atoms with Gasteiger partial charge in [-0.05, 0) is 12.1 Å². The lowest BCUT2D eigenvalue weighted by Gasteiger charge is -2.16. The molecule has 2 N–H and O–H groups in total. The van der Waals surface area contributed by atoms with E-state index in [4.69, 9.17) is 14.9 Å². The van der Waals surface area contributed by atoms with Crippen molar-refractivity contribution < 1.29 is 13.9 Å². The lowest BCUT2D eigenvalue weighted by molar-refractivity contribution is 0.0970. The first-order chi connectivity index (χ1) is 8.88. The molecule has 0 fully saturated rings. The fraction of sp³-hybridized carbons (Fsp3) is 0.231. The molecule has 0 saturated heterocycles. The molecule has 0 aromatic carbocycles. The van der Waals surface area contributed by atoms with Crippen molar-refractivity contribution in [2.24, 2.45) is 5.73 Å². The van der Waals surface area contributed by atoms with E-state index in [2.05, 4.69) is 24.6 Å². The molecule has 6 heteroatoms. The molecule has 0 aliphatic carbocycles. The van der Waals surface area contributed by atoms with Crippen molar-refractivity contribution in [2.75, 3.05) is 0 Å². The van der Waals surface area contributed by atoms with Crippen molar-refractivity contribution >= 4 is 19.2 Å². The summed E-state index contributed by atoms with van der Waals surface area (Å²) < 4.78 is 10.5. The van der Waals surface area contributed by atoms with Crippen molar-refractivity contribution in [2.45, 2.75) is 19.6 Å². The number of hydrogen-bond donors (Lipinski definition) is 1. The first-order valence-electron chi connectivity index (χ1n) is 5.89. The molecule has 1 amide bonds. The number of nitrogens with zero attached hydrogens (tertiary/aromatic N) is 1. The zero-order chi connectivity index (χ0) is 14.0. The van der Waals surface area contributed by atoms with Crippen molar-refractivity contribution in [1.82, 2.24) is 4.98 Å². The highest BCUT2D eigenvalue weighted by atomic mass is 28.3. The highest BCUT2D eigenvalue weighted by Crippen LogP contribution is 2.24. The van der Waals surface area contributed by atoms with E-state index in [0.29, 0.717) is 5.88 Å². The molecule has 2 rings (SSSR count). The Balaban J connectivity index is 2.29. The van der Waals surface area contributed by atoms with Gasteiger partial charge >= 0.3 is 0 Å². The molecule has 100 valence electrons. The Morgan fingerprint density at radius 1 is 1.37 bits per heavy atom. The van der Waals surface area contributed by atoms with E-state index >= 15 is 0 Å². The summed E-state index contributed by atoms with van der Waals surface area (Å²) in [6.45, 7) is 6.70. The molecule has 0 radical (unpaired) electrons. The van der Waals surface area contributed by atoms with E-state index in [1.54, 1.807) is 12.3 Å². The van der Waals surface area contributed by atoms with Crippen LogP contribution in [0.1, 0.15) is 10.6 Å². The van der Waals surface area contributed by atoms with E-state index in [1.165, 1.54) is 11.4 Å². The second kappa shape index (κ2) is 4.89. The maximum absolute atomic E-state index is 11.1. The van der Waals surface area contributed by atoms with Crippen LogP contribution >= 0.6 is 0 Å². The normalized spacial score (nSPS) is 11.3. The summed E-state index contributed by atoms with van der Waals surface area (Å²) >= 11 is 0. The Bertz CT molecular complexity index is 602. The number of hydrogen-bond acceptors (Lipinski definition) is 4. The third kappa shape index (κ3) is 3.03. The van der Waals surface area contributed by atoms with Crippen LogP contribution in [0.3, 0.4) is 0 Å². The molecule has 0 aliphatic heterocycles. The van der Waals surface area contributed by atoms with E-state index in [-0.39, 0.29) is 11.5 Å². The Kier molecular flexibility index (Phi) is 3.43. The molecule has 19 heavy (non-hydrogen) atoms. The molecule has 0 unspecified atom stereocenters. The van der Waals surface area contributed by atoms with E-state index in [0.717, 1.165) is 0 Å². The average Bonchev–Trinajstić information content (AvgIpc) is 2.76. The number of ether oxygens (including phenoxy) is 1. The van der Waals surface area contributed by atoms with E-state index < -0.39 is 14.0 Å². The second-order valence-corrected chi connectivity index (χ2v) is 10.3. The van der Waals surface area contributed by atoms with Gasteiger partial charge in [-0.3, -0.25) is 4.79 Å². The summed E-state index contributed by atoms with van der Waals surface area (Å²) in [4.78, 5) is 15.3. The molecule has 2 aromatic heterocycles. The van der Waals surface area contributed by atoms with Crippen LogP contribution in [0.4, 0.5) is 0 Å². The molecule has 2 heterocycles. The van der Waals surface area contributed by atoms with Crippen LogP contribution in [0.5, 0.6) is 11.6 Å². The Hall–Kier alpha value is -2.08. The maximum Gasteiger partial charge on any atom is 0.288 e. The summed E-state index contributed by atoms with van der Waals surface area (Å²) in [5, 5.41) is 1.22. The van der Waals surface area contributed by atoms with Crippen LogP contribution in [0.25, 0.3) is 0 Å². The average molecular weight is 276 g/mol. The van der Waals surface area contributed by atoms with Crippen LogP contribution < -0.4 is 15.7 Å². The van der Waals surface area contributed by atoms with E-state index in [9.17, 15) is 4.79 Å². The number of primary amides is 1. The lowest BCUT2D eigenvalue weighted by Crippen LogP contribution is -2.37. The van der Waals surface area contributed by atoms with Gasteiger partial charge in [-0.2, -0.15) is 0 Å². The quantitative estimate of drug-likeness (QED) is 0.867. The molecule has 0 saturated carbocycles. The van der Waals surface area contributed by atoms with Gasteiger partial charge < -0.3 is 14.9 Å². The smallest absolute Gasteiger partial charge is 0.288 e. The fourth-order valence-electron chi connectivity index (χ4n) is 1.60. The Labute approximate surface area is 112 Å². The minimum absolute atomic E-state index is 0.000191. The van der Waals surface area contributed by atoms with Gasteiger partial charge in [0.05, 0.1) is 14.3 Å². The number of furan rings is 1. The van der Waals surface area contributed by atoms with Crippen LogP contribution in [0.2, 0.25) is 19.6 Å². The molecule has 2 aromatic rings. The number of carbonyl (C=O) groups excluding carboxylic acids is 1. The molecule has 0 bridgehead atoms. The van der Waals surface area contributed by atoms with Crippen molar-refractivity contribution in [3.05, 3.63) is 36.4 Å². The van der Waals surface area contributed by atoms with Gasteiger partial charge in [0.15, 0.2) is 5.75 Å². The van der Waals surface area contributed by atoms with Gasteiger partial charge in [-0.15, -0.1) is 0 Å². The molecule has 0 atom stereocenters. The SMILES string of the molecule is C[Si](C)(C)c1ccnc(Oc2ccoc2C(N)=O)c1. The molecular formula is C13H16N2O3Si. The zero-order valence-electron chi connectivity index (χ0n) is 11.1. The third-order valence-corrected chi connectivity index (χ3v) is 4.71. The molecule has 0 aliphatic rings. The van der Waals surface area contributed by atoms with Gasteiger partial charge in [0.2, 0.25) is 11.6 Å². The second-order valence-electron chi connectivity index (χ2n) is 5.21. The van der Waals surface area contributed by atoms with Gasteiger partial charge in [-0.25, -0.2) is 4.98 Å². The van der Waals surface area contributed by atoms with Crippen LogP contribution in [-0.2, 0) is 0 Å². The van der Waals surface area contributed by atoms with Gasteiger partial charge in [0.25, 0.3) is 5.91 Å². The Morgan fingerprint density at radius 3 is 2.74 bits per heavy atom. The third-order valence-electron chi connectivity index (χ3n) is 2.67. The van der Waals surface area contributed by atoms with E-state index in [1.807, 2.05) is 12.1 Å². The van der Waals surface area contributed by atoms with Gasteiger partial charge in [0, 0.05) is 12.3 Å². The number of rotatable bonds is 4. The summed E-state index contributed by atoms with van der Waals surface area (Å²) in [5.41, 5.74) is 5.19. The summed E-state index contributed by atoms with van der Waals surface area (Å²) in [5.74, 6) is 0.0538. The van der Waals surface area contributed by atoms with Crippen molar-refractivity contribution in [3.63, 3.8) is 0 Å². The number of pyridine rings is 1. The molecular weight excluding hydrogens is 260 g/mol. The maximum atomic E-state index is 11.1. The highest BCUT2D eigenvalue weighted by Gasteiger charge is 2.19. The predicted molar refractivity (Wildman–Crippen MR) is 74.5 cm³/mol. The van der Waals surface area contributed by atoms with Gasteiger partial charge in [-0.1, -0.05) is 24.8 Å². The van der Waals surface area contributed by atoms with Crippen LogP contribution in [0, 0.1) is 0 Å². The minimum Gasteiger partial charge on any atom is -0.455 e. The number of amides is 1. The summed E-state index contributed by atoms with van der Waals surface area (Å²) in [6, 6.07) is 5.43. The summed E-state index contributed by atoms with van der Waals surface area (Å²) in [7, 11) is -1.44. The fourth-order valence-corrected chi connectivity index (χ4v) is 2.73. The van der Waals surface area contributed by atoms with Crippen LogP contribution in [-0.4, -0.2) is 19.0 Å². The Morgan fingerprint density at radius 2 is 2.11 bits per heavy atom. The standard InChI is InChI=1S/C13H16N2O3Si/c1-19(2,3)9-4-6-15-11(8-9)18-10-5-7-17-12(10)13(14)16/h4-8H,1-3H3,(H2,14,16). The predicted octanol–water partition coefficient (Wildman–Crippen LogP) is 2.11. The first kappa shape index (κ1) is 13.4. The lowest BCUT2D eigenvalue weighted by atomic mass is 10.4. The van der Waals surface area contributed by atoms with Crippen molar-refractivity contribution in [1.29, 1.82) is 0 Å². The monoisotopic (exact) mass is 276 g/mol. The van der Waals surface area contributed by atoms with Crippen LogP contribution in [0.15, 0.2) is 35.1 Å². The minimum atomic E-state index is -1.44. The number of nitrogens with two attached hydrogens (primary N) is 1. The molecule has 0 spiro atoms. The van der Waals surface area contributed by atoms with Crippen molar-refractivity contribution in [3.8, 4) is 11.6 Å². The molecule has 5 nitrogen and oxygen atoms in total. The topological polar surface area (TPSA) is 78.3 Å². The largest absolute Gasteiger partial charge is 0.455 e. The summed E-state index contributed by atoms with van der Waals surface area (Å²) in [6.07, 6.45) is 3.06. The number of carbonyl (C=O) groups is 1. The number of aromatic nitrogens is 1. The highest BCUT2D eigenvalue weighted by molar-refractivity contribution is 6.88. The zero-order valence-corrected chi connectivity index (χ0v) is 12.1.